The molecule has 2 heterocycles. The molecule has 3 aromatic rings. The molecule has 0 bridgehead atoms. The Hall–Kier alpha value is -3.72. The lowest BCUT2D eigenvalue weighted by Gasteiger charge is -2.29. The van der Waals surface area contributed by atoms with Crippen molar-refractivity contribution < 1.29 is 13.6 Å². The first-order valence-corrected chi connectivity index (χ1v) is 10.8. The summed E-state index contributed by atoms with van der Waals surface area (Å²) in [4.78, 5) is 18.2. The number of hydrogen-bond acceptors (Lipinski definition) is 6. The molecule has 0 unspecified atom stereocenters. The molecule has 1 aliphatic rings. The van der Waals surface area contributed by atoms with Gasteiger partial charge in [0.05, 0.1) is 6.42 Å². The summed E-state index contributed by atoms with van der Waals surface area (Å²) < 4.78 is 27.5. The maximum absolute atomic E-state index is 14.0. The normalized spacial score (nSPS) is 13.6. The van der Waals surface area contributed by atoms with Crippen molar-refractivity contribution in [2.24, 2.45) is 5.73 Å². The van der Waals surface area contributed by atoms with E-state index in [1.807, 2.05) is 12.1 Å². The minimum Gasteiger partial charge on any atom is -0.380 e. The second-order valence-electron chi connectivity index (χ2n) is 7.87. The van der Waals surface area contributed by atoms with Gasteiger partial charge in [0.2, 0.25) is 5.91 Å². The molecule has 0 saturated carbocycles. The predicted molar refractivity (Wildman–Crippen MR) is 126 cm³/mol. The molecule has 1 aliphatic heterocycles. The van der Waals surface area contributed by atoms with Crippen molar-refractivity contribution in [3.05, 3.63) is 77.5 Å². The largest absolute Gasteiger partial charge is 0.380 e. The molecule has 0 atom stereocenters. The van der Waals surface area contributed by atoms with Gasteiger partial charge < -0.3 is 26.6 Å². The fraction of sp³-hybridized carbons (Fsp3) is 0.250. The van der Waals surface area contributed by atoms with Gasteiger partial charge in [-0.25, -0.2) is 13.8 Å². The first-order valence-electron chi connectivity index (χ1n) is 10.8. The summed E-state index contributed by atoms with van der Waals surface area (Å²) in [6, 6.07) is 13.1. The van der Waals surface area contributed by atoms with Gasteiger partial charge in [-0.2, -0.15) is 0 Å². The number of piperazine rings is 1. The zero-order valence-corrected chi connectivity index (χ0v) is 18.1. The van der Waals surface area contributed by atoms with Crippen molar-refractivity contribution in [1.82, 2.24) is 10.3 Å². The van der Waals surface area contributed by atoms with E-state index >= 15 is 0 Å². The Kier molecular flexibility index (Phi) is 6.99. The van der Waals surface area contributed by atoms with Gasteiger partial charge in [0.1, 0.15) is 17.5 Å². The number of halogens is 2. The molecule has 7 nitrogen and oxygen atoms in total. The Morgan fingerprint density at radius 1 is 1.06 bits per heavy atom. The maximum atomic E-state index is 14.0. The van der Waals surface area contributed by atoms with E-state index in [-0.39, 0.29) is 18.5 Å². The highest BCUT2D eigenvalue weighted by molar-refractivity contribution is 5.79. The second kappa shape index (κ2) is 10.3. The fourth-order valence-electron chi connectivity index (χ4n) is 3.74. The highest BCUT2D eigenvalue weighted by Gasteiger charge is 2.12. The van der Waals surface area contributed by atoms with Gasteiger partial charge in [-0.3, -0.25) is 4.79 Å². The van der Waals surface area contributed by atoms with E-state index in [0.29, 0.717) is 17.1 Å². The van der Waals surface area contributed by atoms with Crippen LogP contribution in [0, 0.1) is 11.6 Å². The molecule has 0 aliphatic carbocycles. The standard InChI is InChI=1S/C24H26F2N6O/c25-18-1-6-21(26)16(11-18)14-29-22-13-24(30-15-17(22)12-23(27)33)31-19-2-4-20(5-3-19)32-9-7-28-8-10-32/h1-6,11,13,15,28H,7-10,12,14H2,(H2,27,33)(H2,29,30,31). The van der Waals surface area contributed by atoms with Crippen LogP contribution in [-0.4, -0.2) is 37.1 Å². The van der Waals surface area contributed by atoms with Gasteiger partial charge in [0.25, 0.3) is 0 Å². The number of benzene rings is 2. The molecule has 1 saturated heterocycles. The molecule has 33 heavy (non-hydrogen) atoms. The number of carbonyl (C=O) groups excluding carboxylic acids is 1. The molecule has 4 rings (SSSR count). The summed E-state index contributed by atoms with van der Waals surface area (Å²) >= 11 is 0. The summed E-state index contributed by atoms with van der Waals surface area (Å²) in [5, 5.41) is 9.66. The Bertz CT molecular complexity index is 1120. The van der Waals surface area contributed by atoms with Gasteiger partial charge in [0, 0.05) is 73.2 Å². The Morgan fingerprint density at radius 3 is 2.55 bits per heavy atom. The molecule has 0 radical (unpaired) electrons. The quantitative estimate of drug-likeness (QED) is 0.420. The van der Waals surface area contributed by atoms with Crippen LogP contribution in [0.2, 0.25) is 0 Å². The topological polar surface area (TPSA) is 95.3 Å². The molecule has 9 heteroatoms. The van der Waals surface area contributed by atoms with Crippen molar-refractivity contribution in [1.29, 1.82) is 0 Å². The molecular weight excluding hydrogens is 426 g/mol. The summed E-state index contributed by atoms with van der Waals surface area (Å²) in [5.74, 6) is -1.01. The third-order valence-corrected chi connectivity index (χ3v) is 5.45. The third-order valence-electron chi connectivity index (χ3n) is 5.45. The highest BCUT2D eigenvalue weighted by Crippen LogP contribution is 2.25. The van der Waals surface area contributed by atoms with Crippen LogP contribution in [0.4, 0.5) is 31.7 Å². The lowest BCUT2D eigenvalue weighted by atomic mass is 10.1. The van der Waals surface area contributed by atoms with Gasteiger partial charge in [-0.1, -0.05) is 0 Å². The second-order valence-corrected chi connectivity index (χ2v) is 7.87. The van der Waals surface area contributed by atoms with Crippen LogP contribution in [-0.2, 0) is 17.8 Å². The van der Waals surface area contributed by atoms with Gasteiger partial charge in [0.15, 0.2) is 0 Å². The van der Waals surface area contributed by atoms with Crippen LogP contribution in [0.5, 0.6) is 0 Å². The van der Waals surface area contributed by atoms with E-state index in [1.165, 1.54) is 0 Å². The SMILES string of the molecule is NC(=O)Cc1cnc(Nc2ccc(N3CCNCC3)cc2)cc1NCc1cc(F)ccc1F. The molecule has 1 aromatic heterocycles. The lowest BCUT2D eigenvalue weighted by Crippen LogP contribution is -2.43. The van der Waals surface area contributed by atoms with E-state index < -0.39 is 17.5 Å². The highest BCUT2D eigenvalue weighted by atomic mass is 19.1. The number of nitrogens with zero attached hydrogens (tertiary/aromatic N) is 2. The predicted octanol–water partition coefficient (Wildman–Crippen LogP) is 3.15. The molecule has 172 valence electrons. The van der Waals surface area contributed by atoms with Crippen LogP contribution < -0.4 is 26.6 Å². The van der Waals surface area contributed by atoms with E-state index in [1.54, 1.807) is 12.3 Å². The van der Waals surface area contributed by atoms with Crippen LogP contribution in [0.25, 0.3) is 0 Å². The average Bonchev–Trinajstić information content (AvgIpc) is 2.82. The number of pyridine rings is 1. The zero-order valence-electron chi connectivity index (χ0n) is 18.1. The number of amides is 1. The minimum atomic E-state index is -0.521. The number of hydrogen-bond donors (Lipinski definition) is 4. The van der Waals surface area contributed by atoms with Crippen molar-refractivity contribution in [3.8, 4) is 0 Å². The Labute approximate surface area is 191 Å². The molecular formula is C24H26F2N6O. The Balaban J connectivity index is 1.50. The summed E-state index contributed by atoms with van der Waals surface area (Å²) in [6.07, 6.45) is 1.52. The molecule has 2 aromatic carbocycles. The number of aromatic nitrogens is 1. The summed E-state index contributed by atoms with van der Waals surface area (Å²) in [5.41, 5.74) is 8.67. The first kappa shape index (κ1) is 22.5. The van der Waals surface area contributed by atoms with E-state index in [4.69, 9.17) is 5.73 Å². The molecule has 5 N–H and O–H groups in total. The minimum absolute atomic E-state index is 0.0271. The van der Waals surface area contributed by atoms with E-state index in [0.717, 1.165) is 55.8 Å². The first-order chi connectivity index (χ1) is 16.0. The number of nitrogens with two attached hydrogens (primary N) is 1. The maximum Gasteiger partial charge on any atom is 0.221 e. The summed E-state index contributed by atoms with van der Waals surface area (Å²) in [7, 11) is 0. The van der Waals surface area contributed by atoms with E-state index in [9.17, 15) is 13.6 Å². The summed E-state index contributed by atoms with van der Waals surface area (Å²) in [6.45, 7) is 3.92. The Morgan fingerprint density at radius 2 is 1.82 bits per heavy atom. The number of anilines is 4. The molecule has 1 fully saturated rings. The third kappa shape index (κ3) is 5.95. The smallest absolute Gasteiger partial charge is 0.221 e. The zero-order chi connectivity index (χ0) is 23.2. The van der Waals surface area contributed by atoms with Crippen LogP contribution in [0.1, 0.15) is 11.1 Å². The van der Waals surface area contributed by atoms with Crippen molar-refractivity contribution in [2.75, 3.05) is 41.7 Å². The lowest BCUT2D eigenvalue weighted by molar-refractivity contribution is -0.117. The van der Waals surface area contributed by atoms with Crippen molar-refractivity contribution in [2.45, 2.75) is 13.0 Å². The van der Waals surface area contributed by atoms with Gasteiger partial charge >= 0.3 is 0 Å². The fourth-order valence-corrected chi connectivity index (χ4v) is 3.74. The van der Waals surface area contributed by atoms with Gasteiger partial charge in [-0.15, -0.1) is 0 Å². The van der Waals surface area contributed by atoms with Crippen molar-refractivity contribution >= 4 is 28.8 Å². The molecule has 1 amide bonds. The monoisotopic (exact) mass is 452 g/mol. The average molecular weight is 453 g/mol. The van der Waals surface area contributed by atoms with Crippen molar-refractivity contribution in [3.63, 3.8) is 0 Å². The number of rotatable bonds is 8. The van der Waals surface area contributed by atoms with E-state index in [2.05, 4.69) is 38.0 Å². The van der Waals surface area contributed by atoms with Crippen LogP contribution in [0.3, 0.4) is 0 Å². The van der Waals surface area contributed by atoms with Gasteiger partial charge in [-0.05, 0) is 42.5 Å². The van der Waals surface area contributed by atoms with Crippen LogP contribution in [0.15, 0.2) is 54.7 Å². The molecule has 0 spiro atoms. The number of carbonyl (C=O) groups is 1. The number of nitrogens with one attached hydrogen (secondary N) is 3. The van der Waals surface area contributed by atoms with Crippen LogP contribution >= 0.6 is 0 Å². The number of primary amides is 1.